The van der Waals surface area contributed by atoms with E-state index >= 15 is 0 Å². The number of thiazole rings is 1. The predicted octanol–water partition coefficient (Wildman–Crippen LogP) is 4.15. The van der Waals surface area contributed by atoms with Crippen LogP contribution in [0.25, 0.3) is 11.2 Å². The van der Waals surface area contributed by atoms with Crippen molar-refractivity contribution in [1.29, 1.82) is 5.26 Å². The molecule has 0 radical (unpaired) electrons. The lowest BCUT2D eigenvalue weighted by atomic mass is 9.86. The van der Waals surface area contributed by atoms with Crippen LogP contribution in [0.15, 0.2) is 23.2 Å². The molecule has 26 heavy (non-hydrogen) atoms. The summed E-state index contributed by atoms with van der Waals surface area (Å²) in [6, 6.07) is 4.23. The molecule has 1 fully saturated rings. The molecule has 0 unspecified atom stereocenters. The van der Waals surface area contributed by atoms with Gasteiger partial charge in [-0.3, -0.25) is 9.36 Å². The quantitative estimate of drug-likeness (QED) is 0.651. The number of hydrogen-bond acceptors (Lipinski definition) is 4. The second kappa shape index (κ2) is 7.88. The Kier molecular flexibility index (Phi) is 5.58. The Labute approximate surface area is 158 Å². The Morgan fingerprint density at radius 2 is 2.19 bits per heavy atom. The van der Waals surface area contributed by atoms with Gasteiger partial charge in [-0.15, -0.1) is 11.3 Å². The monoisotopic (exact) mass is 368 g/mol. The largest absolute Gasteiger partial charge is 0.348 e. The van der Waals surface area contributed by atoms with Crippen LogP contribution in [0.1, 0.15) is 49.6 Å². The lowest BCUT2D eigenvalue weighted by molar-refractivity contribution is -0.118. The molecule has 2 atom stereocenters. The molecule has 0 saturated heterocycles. The summed E-state index contributed by atoms with van der Waals surface area (Å²) in [6.45, 7) is 6.15. The molecule has 1 saturated carbocycles. The molecule has 0 aliphatic heterocycles. The molecule has 2 aromatic rings. The average molecular weight is 369 g/mol. The van der Waals surface area contributed by atoms with Gasteiger partial charge in [0, 0.05) is 29.0 Å². The molecular weight excluding hydrogens is 344 g/mol. The maximum Gasteiger partial charge on any atom is 0.262 e. The zero-order valence-electron chi connectivity index (χ0n) is 15.5. The first-order chi connectivity index (χ1) is 12.5. The summed E-state index contributed by atoms with van der Waals surface area (Å²) < 4.78 is 2.05. The normalized spacial score (nSPS) is 20.6. The summed E-state index contributed by atoms with van der Waals surface area (Å²) in [7, 11) is 0. The van der Waals surface area contributed by atoms with Crippen molar-refractivity contribution in [2.24, 2.45) is 5.92 Å². The van der Waals surface area contributed by atoms with E-state index in [0.29, 0.717) is 5.92 Å². The van der Waals surface area contributed by atoms with Crippen LogP contribution in [-0.4, -0.2) is 21.5 Å². The van der Waals surface area contributed by atoms with E-state index in [1.165, 1.54) is 6.42 Å². The topological polar surface area (TPSA) is 70.7 Å². The Bertz CT molecular complexity index is 857. The molecule has 3 rings (SSSR count). The van der Waals surface area contributed by atoms with Crippen LogP contribution in [0.4, 0.5) is 0 Å². The van der Waals surface area contributed by atoms with Gasteiger partial charge in [-0.05, 0) is 50.3 Å². The number of carbonyl (C=O) groups excluding carboxylic acids is 1. The second-order valence-corrected chi connectivity index (χ2v) is 7.86. The highest BCUT2D eigenvalue weighted by molar-refractivity contribution is 7.12. The van der Waals surface area contributed by atoms with Crippen molar-refractivity contribution in [3.05, 3.63) is 40.2 Å². The highest BCUT2D eigenvalue weighted by atomic mass is 32.1. The van der Waals surface area contributed by atoms with Crippen LogP contribution in [0.2, 0.25) is 0 Å². The molecule has 5 nitrogen and oxygen atoms in total. The second-order valence-electron chi connectivity index (χ2n) is 6.99. The van der Waals surface area contributed by atoms with Gasteiger partial charge >= 0.3 is 0 Å². The lowest BCUT2D eigenvalue weighted by Crippen LogP contribution is -2.41. The van der Waals surface area contributed by atoms with Crippen LogP contribution in [-0.2, 0) is 4.79 Å². The van der Waals surface area contributed by atoms with E-state index in [1.54, 1.807) is 23.6 Å². The molecule has 2 heterocycles. The van der Waals surface area contributed by atoms with Crippen molar-refractivity contribution in [2.45, 2.75) is 52.5 Å². The summed E-state index contributed by atoms with van der Waals surface area (Å²) in [4.78, 5) is 17.0. The van der Waals surface area contributed by atoms with Gasteiger partial charge in [0.2, 0.25) is 0 Å². The van der Waals surface area contributed by atoms with E-state index in [1.807, 2.05) is 29.9 Å². The van der Waals surface area contributed by atoms with Crippen molar-refractivity contribution in [3.63, 3.8) is 0 Å². The van der Waals surface area contributed by atoms with Crippen LogP contribution < -0.4 is 5.32 Å². The van der Waals surface area contributed by atoms with Crippen LogP contribution >= 0.6 is 11.3 Å². The smallest absolute Gasteiger partial charge is 0.262 e. The summed E-state index contributed by atoms with van der Waals surface area (Å²) in [5.74, 6) is 0.188. The van der Waals surface area contributed by atoms with Gasteiger partial charge in [0.25, 0.3) is 5.91 Å². The van der Waals surface area contributed by atoms with E-state index in [0.717, 1.165) is 41.3 Å². The van der Waals surface area contributed by atoms with E-state index in [4.69, 9.17) is 0 Å². The Hall–Kier alpha value is -2.39. The van der Waals surface area contributed by atoms with Crippen molar-refractivity contribution in [1.82, 2.24) is 14.9 Å². The third kappa shape index (κ3) is 3.73. The minimum absolute atomic E-state index is 0.155. The molecule has 1 N–H and O–H groups in total. The molecule has 1 aliphatic rings. The molecule has 136 valence electrons. The number of nitriles is 1. The fourth-order valence-corrected chi connectivity index (χ4v) is 4.39. The molecule has 0 spiro atoms. The molecule has 0 aromatic carbocycles. The minimum atomic E-state index is -0.273. The molecule has 0 bridgehead atoms. The van der Waals surface area contributed by atoms with Crippen molar-refractivity contribution < 1.29 is 4.79 Å². The van der Waals surface area contributed by atoms with Gasteiger partial charge < -0.3 is 5.32 Å². The minimum Gasteiger partial charge on any atom is -0.348 e. The number of nitrogens with zero attached hydrogens (tertiary/aromatic N) is 3. The number of nitrogens with one attached hydrogen (secondary N) is 1. The van der Waals surface area contributed by atoms with Crippen molar-refractivity contribution in [3.8, 4) is 11.2 Å². The summed E-state index contributed by atoms with van der Waals surface area (Å²) in [5, 5.41) is 15.4. The van der Waals surface area contributed by atoms with Gasteiger partial charge in [-0.2, -0.15) is 5.26 Å². The van der Waals surface area contributed by atoms with Gasteiger partial charge in [-0.1, -0.05) is 19.8 Å². The van der Waals surface area contributed by atoms with E-state index in [2.05, 4.69) is 23.3 Å². The standard InChI is InChI=1S/C20H24N4OS/c1-13-6-4-5-7-18(13)23-19(25)17(12-21)11-16-10-14(2)24(15(16)3)20-22-8-9-26-20/h8-11,13,18H,4-7H2,1-3H3,(H,23,25)/b17-11+/t13-,18+/m1/s1. The third-order valence-corrected chi connectivity index (χ3v) is 5.93. The SMILES string of the molecule is Cc1cc(/C=C(\C#N)C(=O)N[C@H]2CCCC[C@H]2C)c(C)n1-c1nccs1. The fraction of sp³-hybridized carbons (Fsp3) is 0.450. The zero-order valence-corrected chi connectivity index (χ0v) is 16.3. The third-order valence-electron chi connectivity index (χ3n) is 5.17. The highest BCUT2D eigenvalue weighted by Crippen LogP contribution is 2.25. The average Bonchev–Trinajstić information content (AvgIpc) is 3.22. The Morgan fingerprint density at radius 3 is 2.85 bits per heavy atom. The first-order valence-corrected chi connectivity index (χ1v) is 9.90. The first-order valence-electron chi connectivity index (χ1n) is 9.02. The Morgan fingerprint density at radius 1 is 1.42 bits per heavy atom. The summed E-state index contributed by atoms with van der Waals surface area (Å²) in [6.07, 6.45) is 7.94. The molecule has 2 aromatic heterocycles. The lowest BCUT2D eigenvalue weighted by Gasteiger charge is -2.29. The van der Waals surface area contributed by atoms with Crippen molar-refractivity contribution >= 4 is 23.3 Å². The number of aryl methyl sites for hydroxylation is 1. The number of rotatable bonds is 4. The molecular formula is C20H24N4OS. The van der Waals surface area contributed by atoms with Gasteiger partial charge in [-0.25, -0.2) is 4.98 Å². The summed E-state index contributed by atoms with van der Waals surface area (Å²) in [5.41, 5.74) is 3.04. The van der Waals surface area contributed by atoms with Gasteiger partial charge in [0.15, 0.2) is 5.13 Å². The maximum atomic E-state index is 12.6. The Balaban J connectivity index is 1.84. The highest BCUT2D eigenvalue weighted by Gasteiger charge is 2.24. The number of aromatic nitrogens is 2. The van der Waals surface area contributed by atoms with Gasteiger partial charge in [0.05, 0.1) is 0 Å². The van der Waals surface area contributed by atoms with E-state index in [-0.39, 0.29) is 17.5 Å². The fourth-order valence-electron chi connectivity index (χ4n) is 3.64. The summed E-state index contributed by atoms with van der Waals surface area (Å²) >= 11 is 1.56. The zero-order chi connectivity index (χ0) is 18.7. The maximum absolute atomic E-state index is 12.6. The van der Waals surface area contributed by atoms with Crippen molar-refractivity contribution in [2.75, 3.05) is 0 Å². The van der Waals surface area contributed by atoms with E-state index < -0.39 is 0 Å². The van der Waals surface area contributed by atoms with Crippen LogP contribution in [0.3, 0.4) is 0 Å². The van der Waals surface area contributed by atoms with Crippen LogP contribution in [0, 0.1) is 31.1 Å². The van der Waals surface area contributed by atoms with Crippen LogP contribution in [0.5, 0.6) is 0 Å². The molecule has 1 amide bonds. The number of amides is 1. The molecule has 1 aliphatic carbocycles. The first kappa shape index (κ1) is 18.4. The number of carbonyl (C=O) groups is 1. The molecule has 6 heteroatoms. The van der Waals surface area contributed by atoms with E-state index in [9.17, 15) is 10.1 Å². The number of hydrogen-bond donors (Lipinski definition) is 1. The predicted molar refractivity (Wildman–Crippen MR) is 104 cm³/mol. The van der Waals surface area contributed by atoms with Gasteiger partial charge in [0.1, 0.15) is 11.6 Å².